The summed E-state index contributed by atoms with van der Waals surface area (Å²) < 4.78 is 5.78. The van der Waals surface area contributed by atoms with E-state index < -0.39 is 0 Å². The number of amides is 2. The molecule has 8 heteroatoms. The average molecular weight is 345 g/mol. The highest BCUT2D eigenvalue weighted by Crippen LogP contribution is 2.24. The second-order valence-electron chi connectivity index (χ2n) is 5.61. The van der Waals surface area contributed by atoms with E-state index in [1.165, 1.54) is 6.20 Å². The van der Waals surface area contributed by atoms with E-state index in [-0.39, 0.29) is 18.2 Å². The number of nitrogens with zero attached hydrogens (tertiary/aromatic N) is 3. The monoisotopic (exact) mass is 344 g/mol. The Morgan fingerprint density at radius 1 is 1.41 bits per heavy atom. The van der Waals surface area contributed by atoms with Crippen LogP contribution in [0.5, 0.6) is 0 Å². The van der Waals surface area contributed by atoms with Gasteiger partial charge in [0.15, 0.2) is 0 Å². The van der Waals surface area contributed by atoms with Crippen molar-refractivity contribution in [3.63, 3.8) is 0 Å². The number of carbonyl (C=O) groups excluding carboxylic acids is 1. The second kappa shape index (κ2) is 6.58. The zero-order valence-corrected chi connectivity index (χ0v) is 13.8. The van der Waals surface area contributed by atoms with Gasteiger partial charge in [-0.25, -0.2) is 9.78 Å². The molecule has 0 aliphatic carbocycles. The fourth-order valence-electron chi connectivity index (χ4n) is 2.90. The first-order chi connectivity index (χ1) is 10.5. The standard InChI is InChI=1S/C14H18Cl2N4O2/c1-19-4-5-22-12-2-3-20(8-11(12)19)14(21)18-13-6-9(15)10(16)7-17-13/h6-7,11-12H,2-5,8H2,1H3,(H,17,18,21)/t11-,12+/m0/s1. The van der Waals surface area contributed by atoms with Crippen molar-refractivity contribution in [3.05, 3.63) is 22.3 Å². The Bertz CT molecular complexity index is 572. The number of hydrogen-bond acceptors (Lipinski definition) is 4. The molecule has 2 amide bonds. The van der Waals surface area contributed by atoms with Crippen LogP contribution in [0.25, 0.3) is 0 Å². The first-order valence-corrected chi connectivity index (χ1v) is 7.99. The van der Waals surface area contributed by atoms with E-state index in [2.05, 4.69) is 22.2 Å². The Kier molecular flexibility index (Phi) is 4.73. The van der Waals surface area contributed by atoms with Gasteiger partial charge in [0.2, 0.25) is 0 Å². The highest BCUT2D eigenvalue weighted by molar-refractivity contribution is 6.42. The summed E-state index contributed by atoms with van der Waals surface area (Å²) in [5, 5.41) is 3.49. The van der Waals surface area contributed by atoms with Gasteiger partial charge in [0.25, 0.3) is 0 Å². The van der Waals surface area contributed by atoms with Crippen LogP contribution < -0.4 is 5.32 Å². The van der Waals surface area contributed by atoms with Crippen molar-refractivity contribution in [3.8, 4) is 0 Å². The highest BCUT2D eigenvalue weighted by atomic mass is 35.5. The molecule has 3 rings (SSSR count). The lowest BCUT2D eigenvalue weighted by atomic mass is 9.99. The minimum absolute atomic E-state index is 0.177. The molecule has 3 heterocycles. The largest absolute Gasteiger partial charge is 0.375 e. The number of anilines is 1. The van der Waals surface area contributed by atoms with Crippen molar-refractivity contribution in [2.45, 2.75) is 18.6 Å². The van der Waals surface area contributed by atoms with Gasteiger partial charge in [-0.2, -0.15) is 0 Å². The van der Waals surface area contributed by atoms with Gasteiger partial charge in [0.05, 0.1) is 28.8 Å². The molecule has 0 radical (unpaired) electrons. The van der Waals surface area contributed by atoms with Gasteiger partial charge in [-0.1, -0.05) is 23.2 Å². The maximum absolute atomic E-state index is 12.4. The van der Waals surface area contributed by atoms with E-state index in [0.29, 0.717) is 29.0 Å². The lowest BCUT2D eigenvalue weighted by Crippen LogP contribution is -2.60. The summed E-state index contributed by atoms with van der Waals surface area (Å²) in [6, 6.07) is 1.61. The predicted octanol–water partition coefficient (Wildman–Crippen LogP) is 2.33. The zero-order valence-electron chi connectivity index (χ0n) is 12.3. The number of halogens is 2. The maximum atomic E-state index is 12.4. The van der Waals surface area contributed by atoms with Crippen LogP contribution in [-0.2, 0) is 4.74 Å². The quantitative estimate of drug-likeness (QED) is 0.849. The van der Waals surface area contributed by atoms with E-state index >= 15 is 0 Å². The number of rotatable bonds is 1. The minimum Gasteiger partial charge on any atom is -0.375 e. The van der Waals surface area contributed by atoms with Gasteiger partial charge >= 0.3 is 6.03 Å². The molecular weight excluding hydrogens is 327 g/mol. The fourth-order valence-corrected chi connectivity index (χ4v) is 3.15. The summed E-state index contributed by atoms with van der Waals surface area (Å²) in [6.45, 7) is 2.97. The number of hydrogen-bond donors (Lipinski definition) is 1. The Balaban J connectivity index is 1.64. The molecule has 1 N–H and O–H groups in total. The number of ether oxygens (including phenoxy) is 1. The van der Waals surface area contributed by atoms with Crippen LogP contribution in [0.3, 0.4) is 0 Å². The first kappa shape index (κ1) is 15.8. The van der Waals surface area contributed by atoms with Crippen molar-refractivity contribution >= 4 is 35.1 Å². The average Bonchev–Trinajstić information content (AvgIpc) is 2.51. The second-order valence-corrected chi connectivity index (χ2v) is 6.42. The van der Waals surface area contributed by atoms with E-state index in [9.17, 15) is 4.79 Å². The first-order valence-electron chi connectivity index (χ1n) is 7.23. The SMILES string of the molecule is CN1CCO[C@@H]2CCN(C(=O)Nc3cc(Cl)c(Cl)cn3)C[C@@H]21. The molecule has 1 aromatic heterocycles. The third kappa shape index (κ3) is 3.30. The fraction of sp³-hybridized carbons (Fsp3) is 0.571. The van der Waals surface area contributed by atoms with E-state index in [1.807, 2.05) is 0 Å². The smallest absolute Gasteiger partial charge is 0.323 e. The molecule has 2 fully saturated rings. The van der Waals surface area contributed by atoms with Gasteiger partial charge < -0.3 is 9.64 Å². The summed E-state index contributed by atoms with van der Waals surface area (Å²) in [5.41, 5.74) is 0. The number of urea groups is 1. The van der Waals surface area contributed by atoms with Crippen LogP contribution in [-0.4, -0.2) is 66.2 Å². The minimum atomic E-state index is -0.177. The summed E-state index contributed by atoms with van der Waals surface area (Å²) in [4.78, 5) is 20.5. The molecule has 0 unspecified atom stereocenters. The molecule has 6 nitrogen and oxygen atoms in total. The van der Waals surface area contributed by atoms with Gasteiger partial charge in [-0.05, 0) is 13.5 Å². The molecule has 2 saturated heterocycles. The summed E-state index contributed by atoms with van der Waals surface area (Å²) in [7, 11) is 2.07. The van der Waals surface area contributed by atoms with Gasteiger partial charge in [0, 0.05) is 31.9 Å². The molecule has 2 aliphatic rings. The van der Waals surface area contributed by atoms with Crippen LogP contribution in [0.15, 0.2) is 12.3 Å². The molecule has 0 spiro atoms. The van der Waals surface area contributed by atoms with Crippen LogP contribution in [0.2, 0.25) is 10.0 Å². The Hall–Kier alpha value is -1.08. The number of nitrogens with one attached hydrogen (secondary N) is 1. The van der Waals surface area contributed by atoms with Crippen molar-refractivity contribution in [1.29, 1.82) is 0 Å². The van der Waals surface area contributed by atoms with E-state index in [4.69, 9.17) is 27.9 Å². The molecule has 0 bridgehead atoms. The molecule has 0 aromatic carbocycles. The maximum Gasteiger partial charge on any atom is 0.323 e. The number of carbonyl (C=O) groups is 1. The van der Waals surface area contributed by atoms with E-state index in [1.54, 1.807) is 11.0 Å². The number of aromatic nitrogens is 1. The zero-order chi connectivity index (χ0) is 15.7. The highest BCUT2D eigenvalue weighted by Gasteiger charge is 2.36. The number of morpholine rings is 1. The van der Waals surface area contributed by atoms with Gasteiger partial charge in [0.1, 0.15) is 5.82 Å². The molecular formula is C14H18Cl2N4O2. The van der Waals surface area contributed by atoms with Crippen molar-refractivity contribution in [2.75, 3.05) is 38.6 Å². The number of fused-ring (bicyclic) bond motifs is 1. The van der Waals surface area contributed by atoms with Gasteiger partial charge in [-0.3, -0.25) is 10.2 Å². The van der Waals surface area contributed by atoms with Crippen LogP contribution in [0.4, 0.5) is 10.6 Å². The molecule has 2 atom stereocenters. The number of pyridine rings is 1. The topological polar surface area (TPSA) is 57.7 Å². The van der Waals surface area contributed by atoms with Gasteiger partial charge in [-0.15, -0.1) is 0 Å². The summed E-state index contributed by atoms with van der Waals surface area (Å²) in [5.74, 6) is 0.398. The normalized spacial score (nSPS) is 25.7. The number of likely N-dealkylation sites (N-methyl/N-ethyl adjacent to an activating group) is 1. The molecule has 1 aromatic rings. The molecule has 120 valence electrons. The lowest BCUT2D eigenvalue weighted by Gasteiger charge is -2.45. The van der Waals surface area contributed by atoms with Crippen LogP contribution in [0.1, 0.15) is 6.42 Å². The third-order valence-corrected chi connectivity index (χ3v) is 4.90. The molecule has 0 saturated carbocycles. The van der Waals surface area contributed by atoms with Crippen LogP contribution in [0, 0.1) is 0 Å². The van der Waals surface area contributed by atoms with Crippen LogP contribution >= 0.6 is 23.2 Å². The number of likely N-dealkylation sites (tertiary alicyclic amines) is 1. The Morgan fingerprint density at radius 2 is 2.23 bits per heavy atom. The molecule has 22 heavy (non-hydrogen) atoms. The summed E-state index contributed by atoms with van der Waals surface area (Å²) in [6.07, 6.45) is 2.48. The third-order valence-electron chi connectivity index (χ3n) is 4.19. The Morgan fingerprint density at radius 3 is 3.00 bits per heavy atom. The Labute approximate surface area is 139 Å². The number of piperidine rings is 1. The van der Waals surface area contributed by atoms with Crippen molar-refractivity contribution < 1.29 is 9.53 Å². The predicted molar refractivity (Wildman–Crippen MR) is 85.6 cm³/mol. The van der Waals surface area contributed by atoms with E-state index in [0.717, 1.165) is 19.6 Å². The van der Waals surface area contributed by atoms with Crippen molar-refractivity contribution in [1.82, 2.24) is 14.8 Å². The van der Waals surface area contributed by atoms with Crippen molar-refractivity contribution in [2.24, 2.45) is 0 Å². The summed E-state index contributed by atoms with van der Waals surface area (Å²) >= 11 is 11.8. The molecule has 2 aliphatic heterocycles. The lowest BCUT2D eigenvalue weighted by molar-refractivity contribution is -0.0875.